The van der Waals surface area contributed by atoms with E-state index < -0.39 is 0 Å². The van der Waals surface area contributed by atoms with Crippen LogP contribution < -0.4 is 10.2 Å². The summed E-state index contributed by atoms with van der Waals surface area (Å²) in [5.41, 5.74) is 2.63. The minimum absolute atomic E-state index is 0.111. The highest BCUT2D eigenvalue weighted by Gasteiger charge is 2.22. The number of benzene rings is 2. The van der Waals surface area contributed by atoms with Crippen molar-refractivity contribution in [1.29, 1.82) is 5.26 Å². The molecule has 1 fully saturated rings. The van der Waals surface area contributed by atoms with E-state index in [-0.39, 0.29) is 11.7 Å². The number of nitrogens with zero attached hydrogens (tertiary/aromatic N) is 5. The number of piperidine rings is 1. The minimum atomic E-state index is -0.111. The summed E-state index contributed by atoms with van der Waals surface area (Å²) in [5, 5.41) is 21.2. The van der Waals surface area contributed by atoms with Crippen molar-refractivity contribution in [2.45, 2.75) is 30.8 Å². The molecule has 1 aliphatic rings. The van der Waals surface area contributed by atoms with Crippen molar-refractivity contribution in [3.8, 4) is 11.8 Å². The van der Waals surface area contributed by atoms with Crippen LogP contribution in [-0.4, -0.2) is 39.5 Å². The number of hydrogen-bond acceptors (Lipinski definition) is 6. The first-order valence-corrected chi connectivity index (χ1v) is 11.4. The molecule has 2 heterocycles. The Kier molecular flexibility index (Phi) is 6.85. The first-order chi connectivity index (χ1) is 15.2. The van der Waals surface area contributed by atoms with Crippen LogP contribution in [0.3, 0.4) is 0 Å². The third-order valence-electron chi connectivity index (χ3n) is 5.12. The van der Waals surface area contributed by atoms with Crippen LogP contribution in [0.5, 0.6) is 0 Å². The lowest BCUT2D eigenvalue weighted by molar-refractivity contribution is -0.113. The summed E-state index contributed by atoms with van der Waals surface area (Å²) in [6.45, 7) is 1.94. The lowest BCUT2D eigenvalue weighted by Gasteiger charge is -2.27. The third kappa shape index (κ3) is 5.25. The monoisotopic (exact) mass is 432 g/mol. The van der Waals surface area contributed by atoms with E-state index in [4.69, 9.17) is 5.26 Å². The molecule has 1 amide bonds. The van der Waals surface area contributed by atoms with E-state index in [9.17, 15) is 4.79 Å². The van der Waals surface area contributed by atoms with Crippen molar-refractivity contribution >= 4 is 29.3 Å². The van der Waals surface area contributed by atoms with Crippen LogP contribution in [0, 0.1) is 11.3 Å². The van der Waals surface area contributed by atoms with Gasteiger partial charge in [-0.25, -0.2) is 0 Å². The summed E-state index contributed by atoms with van der Waals surface area (Å²) in [5.74, 6) is 0.951. The molecule has 7 nitrogen and oxygen atoms in total. The van der Waals surface area contributed by atoms with Gasteiger partial charge in [0.2, 0.25) is 11.9 Å². The summed E-state index contributed by atoms with van der Waals surface area (Å²) in [6, 6.07) is 19.5. The Morgan fingerprint density at radius 1 is 1.03 bits per heavy atom. The molecule has 31 heavy (non-hydrogen) atoms. The maximum atomic E-state index is 12.5. The molecular formula is C23H24N6OS. The molecule has 0 unspecified atom stereocenters. The maximum Gasteiger partial charge on any atom is 0.234 e. The van der Waals surface area contributed by atoms with Crippen molar-refractivity contribution in [3.05, 3.63) is 60.2 Å². The Hall–Kier alpha value is -3.31. The van der Waals surface area contributed by atoms with Crippen LogP contribution in [-0.2, 0) is 11.2 Å². The Labute approximate surface area is 186 Å². The lowest BCUT2D eigenvalue weighted by Crippen LogP contribution is -2.31. The lowest BCUT2D eigenvalue weighted by atomic mass is 10.1. The molecule has 0 spiro atoms. The summed E-state index contributed by atoms with van der Waals surface area (Å²) < 4.78 is 2.04. The first kappa shape index (κ1) is 20.9. The Bertz CT molecular complexity index is 1050. The number of para-hydroxylation sites is 1. The van der Waals surface area contributed by atoms with Gasteiger partial charge in [0.15, 0.2) is 5.16 Å². The van der Waals surface area contributed by atoms with Crippen LogP contribution in [0.2, 0.25) is 0 Å². The second-order valence-corrected chi connectivity index (χ2v) is 8.31. The van der Waals surface area contributed by atoms with E-state index in [1.807, 2.05) is 59.2 Å². The summed E-state index contributed by atoms with van der Waals surface area (Å²) >= 11 is 1.37. The molecule has 8 heteroatoms. The van der Waals surface area contributed by atoms with Gasteiger partial charge in [-0.15, -0.1) is 10.2 Å². The molecule has 1 aliphatic heterocycles. The fraction of sp³-hybridized carbons (Fsp3) is 0.304. The van der Waals surface area contributed by atoms with E-state index in [2.05, 4.69) is 26.5 Å². The number of nitriles is 1. The van der Waals surface area contributed by atoms with Gasteiger partial charge in [0.1, 0.15) is 0 Å². The number of carbonyl (C=O) groups excluding carboxylic acids is 1. The van der Waals surface area contributed by atoms with Gasteiger partial charge in [0.05, 0.1) is 23.9 Å². The quantitative estimate of drug-likeness (QED) is 0.567. The van der Waals surface area contributed by atoms with Crippen molar-refractivity contribution in [1.82, 2.24) is 14.8 Å². The number of amides is 1. The van der Waals surface area contributed by atoms with E-state index in [1.54, 1.807) is 0 Å². The molecule has 0 saturated carbocycles. The van der Waals surface area contributed by atoms with Gasteiger partial charge in [-0.05, 0) is 49.1 Å². The van der Waals surface area contributed by atoms with Gasteiger partial charge in [0, 0.05) is 18.8 Å². The first-order valence-electron chi connectivity index (χ1n) is 10.4. The highest BCUT2D eigenvalue weighted by atomic mass is 32.2. The van der Waals surface area contributed by atoms with Crippen LogP contribution in [0.4, 0.5) is 11.6 Å². The molecule has 4 rings (SSSR count). The van der Waals surface area contributed by atoms with Crippen LogP contribution >= 0.6 is 11.8 Å². The predicted molar refractivity (Wildman–Crippen MR) is 123 cm³/mol. The molecule has 0 atom stereocenters. The third-order valence-corrected chi connectivity index (χ3v) is 6.05. The average Bonchev–Trinajstić information content (AvgIpc) is 3.24. The van der Waals surface area contributed by atoms with Gasteiger partial charge in [-0.2, -0.15) is 5.26 Å². The SMILES string of the molecule is N#CCc1ccc(NC(=O)CSc2nnc(N3CCCCC3)n2-c2ccccc2)cc1. The average molecular weight is 433 g/mol. The minimum Gasteiger partial charge on any atom is -0.341 e. The molecule has 0 bridgehead atoms. The molecule has 1 aromatic heterocycles. The fourth-order valence-electron chi connectivity index (χ4n) is 3.58. The Balaban J connectivity index is 1.47. The van der Waals surface area contributed by atoms with E-state index in [0.29, 0.717) is 17.3 Å². The number of nitrogens with one attached hydrogen (secondary N) is 1. The zero-order chi connectivity index (χ0) is 21.5. The van der Waals surface area contributed by atoms with Crippen molar-refractivity contribution in [2.75, 3.05) is 29.1 Å². The second kappa shape index (κ2) is 10.1. The number of thioether (sulfide) groups is 1. The largest absolute Gasteiger partial charge is 0.341 e. The standard InChI is InChI=1S/C23H24N6OS/c24-14-13-18-9-11-19(12-10-18)25-21(30)17-31-23-27-26-22(28-15-5-2-6-16-28)29(23)20-7-3-1-4-8-20/h1,3-4,7-12H,2,5-6,13,15-17H2,(H,25,30). The normalized spacial score (nSPS) is 13.6. The molecule has 0 aliphatic carbocycles. The summed E-state index contributed by atoms with van der Waals surface area (Å²) in [6.07, 6.45) is 3.91. The molecule has 1 saturated heterocycles. The molecule has 1 N–H and O–H groups in total. The smallest absolute Gasteiger partial charge is 0.234 e. The molecule has 0 radical (unpaired) electrons. The van der Waals surface area contributed by atoms with Gasteiger partial charge in [-0.1, -0.05) is 42.1 Å². The van der Waals surface area contributed by atoms with Crippen LogP contribution in [0.25, 0.3) is 5.69 Å². The van der Waals surface area contributed by atoms with Crippen molar-refractivity contribution in [2.24, 2.45) is 0 Å². The molecule has 3 aromatic rings. The second-order valence-electron chi connectivity index (χ2n) is 7.37. The Morgan fingerprint density at radius 2 is 1.77 bits per heavy atom. The highest BCUT2D eigenvalue weighted by Crippen LogP contribution is 2.28. The number of anilines is 2. The zero-order valence-electron chi connectivity index (χ0n) is 17.2. The van der Waals surface area contributed by atoms with Gasteiger partial charge in [0.25, 0.3) is 0 Å². The topological polar surface area (TPSA) is 86.8 Å². The number of hydrogen-bond donors (Lipinski definition) is 1. The van der Waals surface area contributed by atoms with Gasteiger partial charge < -0.3 is 10.2 Å². The summed E-state index contributed by atoms with van der Waals surface area (Å²) in [7, 11) is 0. The fourth-order valence-corrected chi connectivity index (χ4v) is 4.33. The van der Waals surface area contributed by atoms with Crippen molar-refractivity contribution in [3.63, 3.8) is 0 Å². The molecular weight excluding hydrogens is 408 g/mol. The van der Waals surface area contributed by atoms with E-state index in [0.717, 1.165) is 43.1 Å². The highest BCUT2D eigenvalue weighted by molar-refractivity contribution is 7.99. The van der Waals surface area contributed by atoms with Crippen LogP contribution in [0.15, 0.2) is 59.8 Å². The van der Waals surface area contributed by atoms with Gasteiger partial charge in [-0.3, -0.25) is 9.36 Å². The number of aromatic nitrogens is 3. The van der Waals surface area contributed by atoms with Gasteiger partial charge >= 0.3 is 0 Å². The zero-order valence-corrected chi connectivity index (χ0v) is 18.0. The van der Waals surface area contributed by atoms with Crippen molar-refractivity contribution < 1.29 is 4.79 Å². The number of rotatable bonds is 7. The maximum absolute atomic E-state index is 12.5. The summed E-state index contributed by atoms with van der Waals surface area (Å²) in [4.78, 5) is 14.8. The van der Waals surface area contributed by atoms with E-state index >= 15 is 0 Å². The number of carbonyl (C=O) groups is 1. The van der Waals surface area contributed by atoms with E-state index in [1.165, 1.54) is 18.2 Å². The Morgan fingerprint density at radius 3 is 2.48 bits per heavy atom. The predicted octanol–water partition coefficient (Wildman–Crippen LogP) is 4.05. The van der Waals surface area contributed by atoms with Crippen LogP contribution in [0.1, 0.15) is 24.8 Å². The molecule has 158 valence electrons. The molecule has 2 aromatic carbocycles.